The van der Waals surface area contributed by atoms with Crippen molar-refractivity contribution in [3.63, 3.8) is 0 Å². The summed E-state index contributed by atoms with van der Waals surface area (Å²) in [5.41, 5.74) is 7.82. The van der Waals surface area contributed by atoms with Gasteiger partial charge < -0.3 is 15.0 Å². The van der Waals surface area contributed by atoms with Crippen molar-refractivity contribution in [3.05, 3.63) is 17.2 Å². The van der Waals surface area contributed by atoms with E-state index in [0.717, 1.165) is 0 Å². The molecule has 21 heavy (non-hydrogen) atoms. The Bertz CT molecular complexity index is 482. The highest BCUT2D eigenvalue weighted by molar-refractivity contribution is 6.62. The van der Waals surface area contributed by atoms with Gasteiger partial charge in [-0.1, -0.05) is 6.08 Å². The highest BCUT2D eigenvalue weighted by atomic mass is 16.6. The van der Waals surface area contributed by atoms with Crippen molar-refractivity contribution in [1.29, 1.82) is 0 Å². The van der Waals surface area contributed by atoms with Crippen LogP contribution in [0.2, 0.25) is 0 Å². The van der Waals surface area contributed by atoms with Gasteiger partial charge in [-0.05, 0) is 33.3 Å². The van der Waals surface area contributed by atoms with Gasteiger partial charge >= 0.3 is 11.7 Å². The maximum Gasteiger partial charge on any atom is 0.441 e. The number of allylic oxidation sites excluding steroid dienone is 1. The Kier molecular flexibility index (Phi) is 8.04. The first-order valence-corrected chi connectivity index (χ1v) is 6.39. The third kappa shape index (κ3) is 8.62. The van der Waals surface area contributed by atoms with Crippen LogP contribution in [0, 0.1) is 0 Å². The number of nitrogens with zero attached hydrogens (tertiary/aromatic N) is 2. The van der Waals surface area contributed by atoms with E-state index in [-0.39, 0.29) is 19.6 Å². The molecule has 0 saturated heterocycles. The molecule has 7 heteroatoms. The summed E-state index contributed by atoms with van der Waals surface area (Å²) in [6.45, 7) is 6.74. The van der Waals surface area contributed by atoms with E-state index in [1.807, 2.05) is 0 Å². The van der Waals surface area contributed by atoms with E-state index in [2.05, 4.69) is 4.79 Å². The average molecular weight is 296 g/mol. The fourth-order valence-corrected chi connectivity index (χ4v) is 1.14. The van der Waals surface area contributed by atoms with Gasteiger partial charge in [-0.2, -0.15) is 4.79 Å². The van der Waals surface area contributed by atoms with Gasteiger partial charge in [0, 0.05) is 6.42 Å². The van der Waals surface area contributed by atoms with Gasteiger partial charge in [0.1, 0.15) is 11.9 Å². The molecule has 0 N–H and O–H groups in total. The molecule has 0 aromatic heterocycles. The van der Waals surface area contributed by atoms with Gasteiger partial charge in [0.25, 0.3) is 5.78 Å². The van der Waals surface area contributed by atoms with Crippen molar-refractivity contribution >= 4 is 23.8 Å². The molecule has 0 aliphatic heterocycles. The Morgan fingerprint density at radius 2 is 1.90 bits per heavy atom. The van der Waals surface area contributed by atoms with E-state index in [1.54, 1.807) is 33.8 Å². The predicted molar refractivity (Wildman–Crippen MR) is 74.7 cm³/mol. The van der Waals surface area contributed by atoms with Crippen LogP contribution in [-0.4, -0.2) is 47.4 Å². The molecule has 0 saturated carbocycles. The summed E-state index contributed by atoms with van der Waals surface area (Å²) in [5, 5.41) is 0. The standard InChI is InChI=1S/C14H20N2O5/c1-10(9-17)5-7-20-8-6-11(18)12(16-15)13(19)21-14(2,3)4/h5,9H,6-8H2,1-4H3/b10-5+. The van der Waals surface area contributed by atoms with Crippen LogP contribution in [0.5, 0.6) is 0 Å². The number of carbonyl (C=O) groups excluding carboxylic acids is 3. The maximum absolute atomic E-state index is 11.7. The first-order valence-electron chi connectivity index (χ1n) is 6.39. The quantitative estimate of drug-likeness (QED) is 0.0975. The van der Waals surface area contributed by atoms with E-state index >= 15 is 0 Å². The maximum atomic E-state index is 11.7. The fraction of sp³-hybridized carbons (Fsp3) is 0.571. The molecular formula is C14H20N2O5. The topological polar surface area (TPSA) is 106 Å². The van der Waals surface area contributed by atoms with Crippen LogP contribution in [0.4, 0.5) is 0 Å². The van der Waals surface area contributed by atoms with E-state index < -0.39 is 23.1 Å². The first kappa shape index (κ1) is 18.9. The molecule has 0 aliphatic carbocycles. The minimum atomic E-state index is -0.980. The molecule has 0 bridgehead atoms. The first-order chi connectivity index (χ1) is 9.71. The summed E-state index contributed by atoms with van der Waals surface area (Å²) in [6, 6.07) is 0. The van der Waals surface area contributed by atoms with Crippen molar-refractivity contribution in [1.82, 2.24) is 0 Å². The van der Waals surface area contributed by atoms with Crippen molar-refractivity contribution in [2.75, 3.05) is 13.2 Å². The number of hydrogen-bond acceptors (Lipinski definition) is 5. The van der Waals surface area contributed by atoms with E-state index in [9.17, 15) is 14.4 Å². The molecule has 0 aromatic rings. The van der Waals surface area contributed by atoms with Crippen LogP contribution in [0.3, 0.4) is 0 Å². The van der Waals surface area contributed by atoms with E-state index in [4.69, 9.17) is 15.0 Å². The molecule has 0 rings (SSSR count). The van der Waals surface area contributed by atoms with Gasteiger partial charge in [0.2, 0.25) is 0 Å². The van der Waals surface area contributed by atoms with Crippen molar-refractivity contribution < 1.29 is 28.6 Å². The van der Waals surface area contributed by atoms with Gasteiger partial charge in [-0.25, -0.2) is 4.79 Å². The lowest BCUT2D eigenvalue weighted by Gasteiger charge is -2.17. The predicted octanol–water partition coefficient (Wildman–Crippen LogP) is 1.12. The number of hydrogen-bond donors (Lipinski definition) is 0. The third-order valence-corrected chi connectivity index (χ3v) is 2.14. The minimum Gasteiger partial charge on any atom is -0.451 e. The summed E-state index contributed by atoms with van der Waals surface area (Å²) in [6.07, 6.45) is 2.12. The van der Waals surface area contributed by atoms with Crippen molar-refractivity contribution in [2.45, 2.75) is 39.7 Å². The van der Waals surface area contributed by atoms with Crippen LogP contribution in [0.25, 0.3) is 5.53 Å². The molecular weight excluding hydrogens is 276 g/mol. The molecule has 0 atom stereocenters. The number of aldehydes is 1. The molecule has 0 aromatic carbocycles. The molecule has 7 nitrogen and oxygen atoms in total. The number of rotatable bonds is 8. The lowest BCUT2D eigenvalue weighted by molar-refractivity contribution is -0.152. The zero-order valence-electron chi connectivity index (χ0n) is 12.7. The van der Waals surface area contributed by atoms with Crippen LogP contribution in [-0.2, 0) is 23.9 Å². The second kappa shape index (κ2) is 8.94. The van der Waals surface area contributed by atoms with Crippen molar-refractivity contribution in [3.8, 4) is 0 Å². The van der Waals surface area contributed by atoms with Crippen LogP contribution in [0.15, 0.2) is 11.6 Å². The number of ether oxygens (including phenoxy) is 2. The number of esters is 1. The Morgan fingerprint density at radius 3 is 2.38 bits per heavy atom. The SMILES string of the molecule is C/C(C=O)=C\COCCC(=O)C(=[N+]=[N-])C(=O)OC(C)(C)C. The lowest BCUT2D eigenvalue weighted by atomic mass is 10.1. The van der Waals surface area contributed by atoms with Gasteiger partial charge in [0.05, 0.1) is 13.2 Å². The molecule has 0 unspecified atom stereocenters. The Hall–Kier alpha value is -2.11. The third-order valence-electron chi connectivity index (χ3n) is 2.14. The monoisotopic (exact) mass is 296 g/mol. The summed E-state index contributed by atoms with van der Waals surface area (Å²) in [7, 11) is 0. The van der Waals surface area contributed by atoms with Crippen LogP contribution >= 0.6 is 0 Å². The molecule has 116 valence electrons. The Balaban J connectivity index is 4.34. The largest absolute Gasteiger partial charge is 0.451 e. The van der Waals surface area contributed by atoms with Gasteiger partial charge in [0.15, 0.2) is 0 Å². The summed E-state index contributed by atoms with van der Waals surface area (Å²) < 4.78 is 10.1. The smallest absolute Gasteiger partial charge is 0.441 e. The zero-order valence-corrected chi connectivity index (χ0v) is 12.7. The Labute approximate surface area is 123 Å². The van der Waals surface area contributed by atoms with Crippen LogP contribution in [0.1, 0.15) is 34.1 Å². The molecule has 0 spiro atoms. The van der Waals surface area contributed by atoms with E-state index in [1.165, 1.54) is 0 Å². The molecule has 0 fully saturated rings. The summed E-state index contributed by atoms with van der Waals surface area (Å²) in [4.78, 5) is 36.3. The normalized spacial score (nSPS) is 11.5. The minimum absolute atomic E-state index is 0.0310. The summed E-state index contributed by atoms with van der Waals surface area (Å²) in [5.74, 6) is -1.66. The fourth-order valence-electron chi connectivity index (χ4n) is 1.14. The van der Waals surface area contributed by atoms with Crippen molar-refractivity contribution in [2.24, 2.45) is 0 Å². The second-order valence-corrected chi connectivity index (χ2v) is 5.26. The molecule has 0 aliphatic rings. The Morgan fingerprint density at radius 1 is 1.29 bits per heavy atom. The van der Waals surface area contributed by atoms with Gasteiger partial charge in [-0.3, -0.25) is 9.59 Å². The number of ketones is 1. The number of Topliss-reactive ketones (excluding diaryl/α,β-unsaturated/α-hetero) is 1. The average Bonchev–Trinajstić information content (AvgIpc) is 2.36. The summed E-state index contributed by atoms with van der Waals surface area (Å²) >= 11 is 0. The lowest BCUT2D eigenvalue weighted by Crippen LogP contribution is -2.34. The molecule has 0 heterocycles. The number of carbonyl (C=O) groups is 3. The highest BCUT2D eigenvalue weighted by Gasteiger charge is 2.33. The van der Waals surface area contributed by atoms with Crippen LogP contribution < -0.4 is 0 Å². The second-order valence-electron chi connectivity index (χ2n) is 5.26. The van der Waals surface area contributed by atoms with Gasteiger partial charge in [-0.15, -0.1) is 0 Å². The van der Waals surface area contributed by atoms with E-state index in [0.29, 0.717) is 11.9 Å². The highest BCUT2D eigenvalue weighted by Crippen LogP contribution is 2.07. The zero-order chi connectivity index (χ0) is 16.5. The molecule has 0 amide bonds. The molecule has 0 radical (unpaired) electrons.